The molecule has 3 heteroatoms. The Hall–Kier alpha value is -0.900. The lowest BCUT2D eigenvalue weighted by Gasteiger charge is -2.34. The highest BCUT2D eigenvalue weighted by Crippen LogP contribution is 2.35. The molecule has 1 aliphatic heterocycles. The van der Waals surface area contributed by atoms with Gasteiger partial charge in [0.25, 0.3) is 0 Å². The summed E-state index contributed by atoms with van der Waals surface area (Å²) in [6.45, 7) is 2.91. The number of hydrazine groups is 1. The fraction of sp³-hybridized carbons (Fsp3) is 0.625. The van der Waals surface area contributed by atoms with E-state index in [4.69, 9.17) is 10.6 Å². The van der Waals surface area contributed by atoms with E-state index in [1.165, 1.54) is 24.8 Å². The van der Waals surface area contributed by atoms with Crippen molar-refractivity contribution in [2.45, 2.75) is 31.6 Å². The lowest BCUT2D eigenvalue weighted by atomic mass is 9.78. The molecule has 0 aromatic heterocycles. The molecular weight excluding hydrogens is 236 g/mol. The van der Waals surface area contributed by atoms with Crippen molar-refractivity contribution >= 4 is 0 Å². The average Bonchev–Trinajstić information content (AvgIpc) is 2.46. The molecule has 1 saturated heterocycles. The van der Waals surface area contributed by atoms with E-state index in [0.717, 1.165) is 32.0 Å². The van der Waals surface area contributed by atoms with Crippen molar-refractivity contribution in [2.75, 3.05) is 26.8 Å². The Morgan fingerprint density at radius 2 is 1.95 bits per heavy atom. The van der Waals surface area contributed by atoms with Crippen LogP contribution in [0.1, 0.15) is 37.2 Å². The zero-order valence-electron chi connectivity index (χ0n) is 11.9. The highest BCUT2D eigenvalue weighted by atomic mass is 16.5. The molecule has 1 heterocycles. The van der Waals surface area contributed by atoms with Crippen molar-refractivity contribution in [1.82, 2.24) is 5.01 Å². The van der Waals surface area contributed by atoms with Crippen molar-refractivity contribution < 1.29 is 4.74 Å². The molecule has 0 radical (unpaired) electrons. The van der Waals surface area contributed by atoms with Crippen LogP contribution in [-0.4, -0.2) is 31.8 Å². The number of nitrogens with zero attached hydrogens (tertiary/aromatic N) is 1. The maximum absolute atomic E-state index is 5.87. The fourth-order valence-electron chi connectivity index (χ4n) is 3.14. The molecule has 19 heavy (non-hydrogen) atoms. The highest BCUT2D eigenvalue weighted by Gasteiger charge is 2.26. The summed E-state index contributed by atoms with van der Waals surface area (Å²) in [5.74, 6) is 7.29. The molecule has 1 aromatic carbocycles. The van der Waals surface area contributed by atoms with E-state index in [1.54, 1.807) is 7.11 Å². The highest BCUT2D eigenvalue weighted by molar-refractivity contribution is 5.20. The van der Waals surface area contributed by atoms with E-state index >= 15 is 0 Å². The molecule has 0 bridgehead atoms. The largest absolute Gasteiger partial charge is 0.385 e. The molecule has 0 amide bonds. The van der Waals surface area contributed by atoms with Gasteiger partial charge in [-0.15, -0.1) is 0 Å². The number of piperidine rings is 1. The molecule has 1 aromatic rings. The fourth-order valence-corrected chi connectivity index (χ4v) is 3.14. The van der Waals surface area contributed by atoms with Crippen molar-refractivity contribution in [2.24, 2.45) is 11.8 Å². The minimum atomic E-state index is 0.657. The van der Waals surface area contributed by atoms with Crippen LogP contribution in [0.25, 0.3) is 0 Å². The van der Waals surface area contributed by atoms with E-state index in [2.05, 4.69) is 30.3 Å². The first-order chi connectivity index (χ1) is 9.31. The predicted molar refractivity (Wildman–Crippen MR) is 78.8 cm³/mol. The lowest BCUT2D eigenvalue weighted by molar-refractivity contribution is 0.155. The minimum absolute atomic E-state index is 0.657. The van der Waals surface area contributed by atoms with Crippen molar-refractivity contribution in [3.8, 4) is 0 Å². The topological polar surface area (TPSA) is 38.5 Å². The lowest BCUT2D eigenvalue weighted by Crippen LogP contribution is -2.40. The normalized spacial score (nSPS) is 19.5. The van der Waals surface area contributed by atoms with Crippen LogP contribution in [0.2, 0.25) is 0 Å². The molecule has 2 rings (SSSR count). The third-order valence-corrected chi connectivity index (χ3v) is 4.23. The zero-order valence-corrected chi connectivity index (χ0v) is 11.9. The monoisotopic (exact) mass is 262 g/mol. The van der Waals surface area contributed by atoms with Gasteiger partial charge < -0.3 is 4.74 Å². The van der Waals surface area contributed by atoms with Crippen LogP contribution in [0.4, 0.5) is 0 Å². The van der Waals surface area contributed by atoms with Gasteiger partial charge in [-0.3, -0.25) is 5.84 Å². The molecular formula is C16H26N2O. The standard InChI is InChI=1S/C16H26N2O/c1-19-13-5-8-16(14-6-3-2-4-7-14)15-9-11-18(17)12-10-15/h2-4,6-7,15-16H,5,8-13,17H2,1H3. The van der Waals surface area contributed by atoms with Gasteiger partial charge in [-0.25, -0.2) is 5.01 Å². The molecule has 1 fully saturated rings. The van der Waals surface area contributed by atoms with Gasteiger partial charge in [0.15, 0.2) is 0 Å². The molecule has 0 spiro atoms. The van der Waals surface area contributed by atoms with Crippen molar-refractivity contribution in [3.05, 3.63) is 35.9 Å². The maximum atomic E-state index is 5.87. The molecule has 2 N–H and O–H groups in total. The molecule has 1 unspecified atom stereocenters. The molecule has 0 aliphatic carbocycles. The van der Waals surface area contributed by atoms with E-state index in [9.17, 15) is 0 Å². The van der Waals surface area contributed by atoms with Crippen LogP contribution in [0.3, 0.4) is 0 Å². The van der Waals surface area contributed by atoms with Gasteiger partial charge in [0, 0.05) is 26.8 Å². The summed E-state index contributed by atoms with van der Waals surface area (Å²) in [4.78, 5) is 0. The van der Waals surface area contributed by atoms with Gasteiger partial charge in [0.05, 0.1) is 0 Å². The second kappa shape index (κ2) is 7.63. The first-order valence-electron chi connectivity index (χ1n) is 7.35. The third-order valence-electron chi connectivity index (χ3n) is 4.23. The quantitative estimate of drug-likeness (QED) is 0.633. The number of nitrogens with two attached hydrogens (primary N) is 1. The average molecular weight is 262 g/mol. The Balaban J connectivity index is 2.01. The molecule has 3 nitrogen and oxygen atoms in total. The van der Waals surface area contributed by atoms with Crippen LogP contribution < -0.4 is 5.84 Å². The second-order valence-electron chi connectivity index (χ2n) is 5.53. The summed E-state index contributed by atoms with van der Waals surface area (Å²) in [6, 6.07) is 10.9. The number of benzene rings is 1. The zero-order chi connectivity index (χ0) is 13.5. The SMILES string of the molecule is COCCCC(c1ccccc1)C1CCN(N)CC1. The van der Waals surface area contributed by atoms with E-state index < -0.39 is 0 Å². The van der Waals surface area contributed by atoms with Crippen molar-refractivity contribution in [3.63, 3.8) is 0 Å². The number of rotatable bonds is 6. The Kier molecular flexibility index (Phi) is 5.83. The van der Waals surface area contributed by atoms with E-state index in [1.807, 2.05) is 5.01 Å². The summed E-state index contributed by atoms with van der Waals surface area (Å²) < 4.78 is 5.20. The minimum Gasteiger partial charge on any atom is -0.385 e. The van der Waals surface area contributed by atoms with Crippen LogP contribution >= 0.6 is 0 Å². The van der Waals surface area contributed by atoms with Crippen LogP contribution in [0, 0.1) is 5.92 Å². The number of methoxy groups -OCH3 is 1. The number of hydrogen-bond donors (Lipinski definition) is 1. The molecule has 106 valence electrons. The van der Waals surface area contributed by atoms with Crippen LogP contribution in [0.5, 0.6) is 0 Å². The summed E-state index contributed by atoms with van der Waals surface area (Å²) in [5.41, 5.74) is 1.48. The van der Waals surface area contributed by atoms with Gasteiger partial charge in [0.2, 0.25) is 0 Å². The summed E-state index contributed by atoms with van der Waals surface area (Å²) in [6.07, 6.45) is 4.78. The van der Waals surface area contributed by atoms with E-state index in [-0.39, 0.29) is 0 Å². The van der Waals surface area contributed by atoms with Gasteiger partial charge in [-0.1, -0.05) is 30.3 Å². The number of ether oxygens (including phenoxy) is 1. The van der Waals surface area contributed by atoms with Crippen molar-refractivity contribution in [1.29, 1.82) is 0 Å². The Morgan fingerprint density at radius 1 is 1.26 bits per heavy atom. The maximum Gasteiger partial charge on any atom is 0.0462 e. The predicted octanol–water partition coefficient (Wildman–Crippen LogP) is 2.78. The van der Waals surface area contributed by atoms with Gasteiger partial charge in [-0.05, 0) is 43.1 Å². The molecule has 1 aliphatic rings. The Bertz CT molecular complexity index is 347. The molecule has 1 atom stereocenters. The summed E-state index contributed by atoms with van der Waals surface area (Å²) in [5, 5.41) is 1.95. The second-order valence-corrected chi connectivity index (χ2v) is 5.53. The van der Waals surface area contributed by atoms with Gasteiger partial charge in [0.1, 0.15) is 0 Å². The van der Waals surface area contributed by atoms with Crippen LogP contribution in [0.15, 0.2) is 30.3 Å². The smallest absolute Gasteiger partial charge is 0.0462 e. The number of hydrogen-bond acceptors (Lipinski definition) is 3. The van der Waals surface area contributed by atoms with Crippen LogP contribution in [-0.2, 0) is 4.74 Å². The molecule has 0 saturated carbocycles. The Morgan fingerprint density at radius 3 is 2.58 bits per heavy atom. The van der Waals surface area contributed by atoms with Gasteiger partial charge in [-0.2, -0.15) is 0 Å². The Labute approximate surface area is 116 Å². The van der Waals surface area contributed by atoms with E-state index in [0.29, 0.717) is 5.92 Å². The summed E-state index contributed by atoms with van der Waals surface area (Å²) >= 11 is 0. The summed E-state index contributed by atoms with van der Waals surface area (Å²) in [7, 11) is 1.78. The first kappa shape index (κ1) is 14.5. The third kappa shape index (κ3) is 4.30. The van der Waals surface area contributed by atoms with Gasteiger partial charge >= 0.3 is 0 Å². The first-order valence-corrected chi connectivity index (χ1v) is 7.35.